The molecule has 2 nitrogen and oxygen atoms in total. The molecule has 1 aromatic rings. The first-order chi connectivity index (χ1) is 7.14. The van der Waals surface area contributed by atoms with Crippen molar-refractivity contribution in [3.8, 4) is 11.8 Å². The maximum Gasteiger partial charge on any atom is 0.138 e. The van der Waals surface area contributed by atoms with Crippen LogP contribution in [-0.2, 0) is 0 Å². The Balaban J connectivity index is 2.42. The maximum atomic E-state index is 9.03. The second-order valence-electron chi connectivity index (χ2n) is 4.22. The van der Waals surface area contributed by atoms with Gasteiger partial charge in [-0.3, -0.25) is 0 Å². The Morgan fingerprint density at radius 2 is 1.93 bits per heavy atom. The molecule has 0 unspecified atom stereocenters. The van der Waals surface area contributed by atoms with Gasteiger partial charge in [0.05, 0.1) is 6.61 Å². The van der Waals surface area contributed by atoms with Crippen LogP contribution in [0, 0.1) is 11.8 Å². The van der Waals surface area contributed by atoms with Crippen molar-refractivity contribution in [3.05, 3.63) is 35.9 Å². The minimum Gasteiger partial charge on any atom is -0.390 e. The van der Waals surface area contributed by atoms with Gasteiger partial charge in [-0.1, -0.05) is 24.1 Å². The molecule has 0 aliphatic carbocycles. The molecule has 0 aliphatic heterocycles. The summed E-state index contributed by atoms with van der Waals surface area (Å²) in [4.78, 5) is 0. The SMILES string of the molecule is CC(C)(CO)[NH2+]CC#Cc1ccccc1. The summed E-state index contributed by atoms with van der Waals surface area (Å²) in [6.07, 6.45) is 0. The van der Waals surface area contributed by atoms with Crippen LogP contribution in [0.15, 0.2) is 30.3 Å². The standard InChI is InChI=1S/C13H17NO/c1-13(2,11-15)14-10-6-9-12-7-4-3-5-8-12/h3-5,7-8,14-15H,10-11H2,1-2H3/p+1. The Morgan fingerprint density at radius 1 is 1.27 bits per heavy atom. The summed E-state index contributed by atoms with van der Waals surface area (Å²) >= 11 is 0. The largest absolute Gasteiger partial charge is 0.390 e. The lowest BCUT2D eigenvalue weighted by Crippen LogP contribution is -2.96. The van der Waals surface area contributed by atoms with E-state index in [4.69, 9.17) is 5.11 Å². The van der Waals surface area contributed by atoms with Gasteiger partial charge in [0.1, 0.15) is 12.1 Å². The number of rotatable bonds is 3. The first kappa shape index (κ1) is 11.8. The zero-order valence-electron chi connectivity index (χ0n) is 9.33. The van der Waals surface area contributed by atoms with E-state index in [1.807, 2.05) is 49.5 Å². The Morgan fingerprint density at radius 3 is 2.53 bits per heavy atom. The van der Waals surface area contributed by atoms with Gasteiger partial charge < -0.3 is 10.4 Å². The van der Waals surface area contributed by atoms with Crippen LogP contribution >= 0.6 is 0 Å². The normalized spacial score (nSPS) is 10.6. The van der Waals surface area contributed by atoms with E-state index in [1.165, 1.54) is 0 Å². The molecule has 0 spiro atoms. The summed E-state index contributed by atoms with van der Waals surface area (Å²) in [6.45, 7) is 4.87. The molecule has 0 atom stereocenters. The fourth-order valence-corrected chi connectivity index (χ4v) is 1.07. The Kier molecular flexibility index (Phi) is 4.36. The summed E-state index contributed by atoms with van der Waals surface area (Å²) in [5, 5.41) is 11.1. The number of hydrogen-bond acceptors (Lipinski definition) is 1. The highest BCUT2D eigenvalue weighted by atomic mass is 16.3. The molecule has 15 heavy (non-hydrogen) atoms. The van der Waals surface area contributed by atoms with E-state index in [0.29, 0.717) is 6.54 Å². The van der Waals surface area contributed by atoms with Gasteiger partial charge in [-0.05, 0) is 31.9 Å². The van der Waals surface area contributed by atoms with E-state index >= 15 is 0 Å². The minimum absolute atomic E-state index is 0.134. The molecule has 1 aromatic carbocycles. The fraction of sp³-hybridized carbons (Fsp3) is 0.385. The summed E-state index contributed by atoms with van der Waals surface area (Å²) in [5.74, 6) is 6.15. The van der Waals surface area contributed by atoms with Gasteiger partial charge in [-0.25, -0.2) is 0 Å². The molecular formula is C13H18NO+. The second-order valence-corrected chi connectivity index (χ2v) is 4.22. The van der Waals surface area contributed by atoms with Crippen LogP contribution in [-0.4, -0.2) is 23.8 Å². The highest BCUT2D eigenvalue weighted by Crippen LogP contribution is 1.94. The zero-order chi connectivity index (χ0) is 11.1. The molecule has 0 bridgehead atoms. The van der Waals surface area contributed by atoms with Crippen molar-refractivity contribution in [2.45, 2.75) is 19.4 Å². The lowest BCUT2D eigenvalue weighted by molar-refractivity contribution is -0.713. The molecule has 0 aromatic heterocycles. The molecule has 2 heteroatoms. The smallest absolute Gasteiger partial charge is 0.138 e. The van der Waals surface area contributed by atoms with E-state index in [-0.39, 0.29) is 12.1 Å². The highest BCUT2D eigenvalue weighted by Gasteiger charge is 2.17. The van der Waals surface area contributed by atoms with E-state index in [1.54, 1.807) is 0 Å². The maximum absolute atomic E-state index is 9.03. The summed E-state index contributed by atoms with van der Waals surface area (Å²) in [5.41, 5.74) is 0.901. The molecule has 0 aliphatic rings. The monoisotopic (exact) mass is 204 g/mol. The third kappa shape index (κ3) is 4.64. The number of quaternary nitrogens is 1. The number of benzene rings is 1. The van der Waals surface area contributed by atoms with Crippen molar-refractivity contribution < 1.29 is 10.4 Å². The first-order valence-electron chi connectivity index (χ1n) is 5.13. The molecule has 0 heterocycles. The molecule has 3 N–H and O–H groups in total. The predicted molar refractivity (Wildman–Crippen MR) is 61.3 cm³/mol. The summed E-state index contributed by atoms with van der Waals surface area (Å²) in [7, 11) is 0. The molecule has 0 fully saturated rings. The summed E-state index contributed by atoms with van der Waals surface area (Å²) in [6, 6.07) is 9.91. The first-order valence-corrected chi connectivity index (χ1v) is 5.13. The van der Waals surface area contributed by atoms with Crippen LogP contribution < -0.4 is 5.32 Å². The average molecular weight is 204 g/mol. The van der Waals surface area contributed by atoms with Gasteiger partial charge in [0.15, 0.2) is 0 Å². The van der Waals surface area contributed by atoms with Crippen molar-refractivity contribution in [1.29, 1.82) is 0 Å². The van der Waals surface area contributed by atoms with Gasteiger partial charge in [-0.15, -0.1) is 0 Å². The molecule has 0 saturated heterocycles. The third-order valence-electron chi connectivity index (χ3n) is 2.17. The molecular weight excluding hydrogens is 186 g/mol. The Bertz CT molecular complexity index is 346. The predicted octanol–water partition coefficient (Wildman–Crippen LogP) is 0.372. The molecule has 0 radical (unpaired) electrons. The van der Waals surface area contributed by atoms with Gasteiger partial charge >= 0.3 is 0 Å². The van der Waals surface area contributed by atoms with Crippen LogP contribution in [0.3, 0.4) is 0 Å². The van der Waals surface area contributed by atoms with Crippen molar-refractivity contribution in [2.24, 2.45) is 0 Å². The fourth-order valence-electron chi connectivity index (χ4n) is 1.07. The van der Waals surface area contributed by atoms with Gasteiger partial charge in [0, 0.05) is 5.56 Å². The molecule has 0 saturated carbocycles. The van der Waals surface area contributed by atoms with E-state index in [9.17, 15) is 0 Å². The number of hydrogen-bond donors (Lipinski definition) is 2. The quantitative estimate of drug-likeness (QED) is 0.686. The lowest BCUT2D eigenvalue weighted by Gasteiger charge is -2.17. The van der Waals surface area contributed by atoms with Crippen molar-refractivity contribution in [1.82, 2.24) is 0 Å². The number of aliphatic hydroxyl groups excluding tert-OH is 1. The van der Waals surface area contributed by atoms with Crippen molar-refractivity contribution in [2.75, 3.05) is 13.2 Å². The topological polar surface area (TPSA) is 36.8 Å². The van der Waals surface area contributed by atoms with Crippen LogP contribution in [0.1, 0.15) is 19.4 Å². The van der Waals surface area contributed by atoms with E-state index in [2.05, 4.69) is 11.8 Å². The van der Waals surface area contributed by atoms with Crippen LogP contribution in [0.4, 0.5) is 0 Å². The van der Waals surface area contributed by atoms with Crippen LogP contribution in [0.25, 0.3) is 0 Å². The Labute approximate surface area is 91.3 Å². The molecule has 1 rings (SSSR count). The zero-order valence-corrected chi connectivity index (χ0v) is 9.33. The van der Waals surface area contributed by atoms with Gasteiger partial charge in [-0.2, -0.15) is 0 Å². The average Bonchev–Trinajstić information content (AvgIpc) is 2.26. The van der Waals surface area contributed by atoms with E-state index < -0.39 is 0 Å². The highest BCUT2D eigenvalue weighted by molar-refractivity contribution is 5.33. The van der Waals surface area contributed by atoms with Crippen molar-refractivity contribution >= 4 is 0 Å². The third-order valence-corrected chi connectivity index (χ3v) is 2.17. The minimum atomic E-state index is -0.134. The molecule has 80 valence electrons. The lowest BCUT2D eigenvalue weighted by atomic mass is 10.1. The van der Waals surface area contributed by atoms with E-state index in [0.717, 1.165) is 5.56 Å². The number of nitrogens with two attached hydrogens (primary N) is 1. The second kappa shape index (κ2) is 5.55. The van der Waals surface area contributed by atoms with Crippen LogP contribution in [0.2, 0.25) is 0 Å². The van der Waals surface area contributed by atoms with Crippen molar-refractivity contribution in [3.63, 3.8) is 0 Å². The Hall–Kier alpha value is -1.30. The summed E-state index contributed by atoms with van der Waals surface area (Å²) < 4.78 is 0. The molecule has 0 amide bonds. The van der Waals surface area contributed by atoms with Crippen LogP contribution in [0.5, 0.6) is 0 Å². The van der Waals surface area contributed by atoms with Gasteiger partial charge in [0.2, 0.25) is 0 Å². The van der Waals surface area contributed by atoms with Gasteiger partial charge in [0.25, 0.3) is 0 Å². The number of aliphatic hydroxyl groups is 1.